The molecular weight excluding hydrogens is 1420 g/mol. The lowest BCUT2D eigenvalue weighted by Crippen LogP contribution is -2.10. The largest absolute Gasteiger partial charge is 0.497 e. The summed E-state index contributed by atoms with van der Waals surface area (Å²) < 4.78 is 43.1. The number of ketones is 6. The Kier molecular flexibility index (Phi) is 22.6. The number of benzene rings is 13. The highest BCUT2D eigenvalue weighted by molar-refractivity contribution is 6.16. The van der Waals surface area contributed by atoms with Gasteiger partial charge in [-0.15, -0.1) is 0 Å². The number of carbonyl (C=O) groups excluding carboxylic acids is 6. The van der Waals surface area contributed by atoms with E-state index in [9.17, 15) is 28.8 Å². The molecule has 0 amide bonds. The number of rotatable bonds is 25. The molecule has 0 heterocycles. The third-order valence-electron chi connectivity index (χ3n) is 19.5. The first-order chi connectivity index (χ1) is 54.3. The average molecular weight is 1510 g/mol. The number of methoxy groups -OCH3 is 1. The number of hydrogen-bond donors (Lipinski definition) is 0. The Morgan fingerprint density at radius 2 is 0.298 bits per heavy atom. The molecule has 13 heteroatoms. The van der Waals surface area contributed by atoms with Crippen LogP contribution in [0.3, 0.4) is 0 Å². The van der Waals surface area contributed by atoms with Gasteiger partial charge in [0.15, 0.2) is 34.7 Å². The molecule has 13 aromatic carbocycles. The minimum Gasteiger partial charge on any atom is -0.497 e. The SMILES string of the molecule is COc1cc(C(=O)c2ccc(Oc3cc(C(=O)c4ccc(Oc5ccc(C(C)(C)C)cc5)cc4)cc(C(=O)c4ccc(Oc5ccc(C(C)(C)C)cc5)cc4)c3)cc2)cc(C(=O)c2ccc(Oc3cc(C(=O)c4ccc(Oc5ccc(C(C)(C)C)cc5)cc4)cc(C(=O)c4ccc(Oc5ccc(C(C)(C)C)cc5)cc4)c3)cc2)c1. The molecule has 0 fully saturated rings. The molecule has 0 saturated carbocycles. The zero-order valence-electron chi connectivity index (χ0n) is 66.1. The molecule has 0 N–H and O–H groups in total. The van der Waals surface area contributed by atoms with E-state index in [1.54, 1.807) is 194 Å². The normalized spacial score (nSPS) is 11.6. The highest BCUT2D eigenvalue weighted by Crippen LogP contribution is 2.37. The minimum absolute atomic E-state index is 0.0243. The van der Waals surface area contributed by atoms with Gasteiger partial charge >= 0.3 is 0 Å². The molecule has 0 atom stereocenters. The van der Waals surface area contributed by atoms with Crippen molar-refractivity contribution < 1.29 is 61.9 Å². The predicted octanol–water partition coefficient (Wildman–Crippen LogP) is 25.0. The summed E-state index contributed by atoms with van der Waals surface area (Å²) in [7, 11) is 1.44. The molecule has 570 valence electrons. The second-order valence-corrected chi connectivity index (χ2v) is 32.3. The fourth-order valence-corrected chi connectivity index (χ4v) is 12.8. The third kappa shape index (κ3) is 19.3. The van der Waals surface area contributed by atoms with E-state index in [1.807, 2.05) is 97.1 Å². The van der Waals surface area contributed by atoms with Crippen LogP contribution >= 0.6 is 0 Å². The molecular formula is C101H88O13. The summed E-state index contributed by atoms with van der Waals surface area (Å²) in [5.41, 5.74) is 7.57. The van der Waals surface area contributed by atoms with E-state index in [2.05, 4.69) is 83.1 Å². The van der Waals surface area contributed by atoms with Crippen molar-refractivity contribution in [2.75, 3.05) is 7.11 Å². The van der Waals surface area contributed by atoms with Gasteiger partial charge in [-0.05, 0) is 293 Å². The topological polar surface area (TPSA) is 167 Å². The Labute approximate surface area is 665 Å². The van der Waals surface area contributed by atoms with Gasteiger partial charge in [-0.3, -0.25) is 28.8 Å². The smallest absolute Gasteiger partial charge is 0.193 e. The molecule has 0 aliphatic carbocycles. The van der Waals surface area contributed by atoms with Crippen molar-refractivity contribution in [1.29, 1.82) is 0 Å². The monoisotopic (exact) mass is 1510 g/mol. The lowest BCUT2D eigenvalue weighted by Gasteiger charge is -2.19. The van der Waals surface area contributed by atoms with Crippen LogP contribution < -0.4 is 33.2 Å². The van der Waals surface area contributed by atoms with Gasteiger partial charge in [-0.25, -0.2) is 0 Å². The van der Waals surface area contributed by atoms with Crippen molar-refractivity contribution >= 4 is 34.7 Å². The third-order valence-corrected chi connectivity index (χ3v) is 19.5. The maximum atomic E-state index is 14.5. The van der Waals surface area contributed by atoms with Crippen molar-refractivity contribution in [1.82, 2.24) is 0 Å². The van der Waals surface area contributed by atoms with E-state index in [4.69, 9.17) is 33.2 Å². The molecule has 13 aromatic rings. The predicted molar refractivity (Wildman–Crippen MR) is 446 cm³/mol. The summed E-state index contributed by atoms with van der Waals surface area (Å²) in [6.07, 6.45) is 0. The summed E-state index contributed by atoms with van der Waals surface area (Å²) >= 11 is 0. The van der Waals surface area contributed by atoms with Crippen LogP contribution in [-0.2, 0) is 21.7 Å². The lowest BCUT2D eigenvalue weighted by atomic mass is 9.87. The molecule has 13 rings (SSSR count). The Bertz CT molecular complexity index is 5080. The Morgan fingerprint density at radius 1 is 0.167 bits per heavy atom. The Morgan fingerprint density at radius 3 is 0.439 bits per heavy atom. The van der Waals surface area contributed by atoms with Crippen LogP contribution in [0.15, 0.2) is 297 Å². The molecule has 13 nitrogen and oxygen atoms in total. The van der Waals surface area contributed by atoms with Gasteiger partial charge in [0.1, 0.15) is 74.7 Å². The van der Waals surface area contributed by atoms with Gasteiger partial charge in [0.25, 0.3) is 0 Å². The maximum Gasteiger partial charge on any atom is 0.193 e. The minimum atomic E-state index is -0.422. The number of ether oxygens (including phenoxy) is 7. The van der Waals surface area contributed by atoms with E-state index in [1.165, 1.54) is 35.4 Å². The van der Waals surface area contributed by atoms with Crippen LogP contribution in [0.4, 0.5) is 0 Å². The van der Waals surface area contributed by atoms with Gasteiger partial charge < -0.3 is 33.2 Å². The average Bonchev–Trinajstić information content (AvgIpc) is 0.805. The fraction of sp³-hybridized carbons (Fsp3) is 0.168. The number of hydrogen-bond acceptors (Lipinski definition) is 13. The lowest BCUT2D eigenvalue weighted by molar-refractivity contribution is 0.102. The van der Waals surface area contributed by atoms with Crippen LogP contribution in [0.1, 0.15) is 201 Å². The van der Waals surface area contributed by atoms with Crippen LogP contribution in [0.2, 0.25) is 0 Å². The van der Waals surface area contributed by atoms with Crippen molar-refractivity contribution in [3.05, 3.63) is 386 Å². The molecule has 0 radical (unpaired) electrons. The summed E-state index contributed by atoms with van der Waals surface area (Å²) in [5.74, 6) is 3.64. The molecule has 0 spiro atoms. The van der Waals surface area contributed by atoms with Gasteiger partial charge in [0.2, 0.25) is 0 Å². The van der Waals surface area contributed by atoms with Crippen LogP contribution in [0.25, 0.3) is 0 Å². The molecule has 0 unspecified atom stereocenters. The quantitative estimate of drug-likeness (QED) is 0.0496. The van der Waals surface area contributed by atoms with Gasteiger partial charge in [0, 0.05) is 66.8 Å². The maximum absolute atomic E-state index is 14.5. The van der Waals surface area contributed by atoms with Crippen LogP contribution in [0, 0.1) is 0 Å². The zero-order chi connectivity index (χ0) is 80.8. The molecule has 0 aliphatic rings. The van der Waals surface area contributed by atoms with Gasteiger partial charge in [-0.2, -0.15) is 0 Å². The molecule has 0 saturated heterocycles. The second kappa shape index (κ2) is 32.8. The van der Waals surface area contributed by atoms with E-state index in [0.29, 0.717) is 79.7 Å². The second-order valence-electron chi connectivity index (χ2n) is 32.3. The summed E-state index contributed by atoms with van der Waals surface area (Å²) in [6, 6.07) is 85.4. The van der Waals surface area contributed by atoms with E-state index < -0.39 is 11.6 Å². The highest BCUT2D eigenvalue weighted by atomic mass is 16.5. The van der Waals surface area contributed by atoms with Crippen molar-refractivity contribution in [2.45, 2.75) is 105 Å². The first kappa shape index (κ1) is 78.6. The van der Waals surface area contributed by atoms with E-state index >= 15 is 0 Å². The number of carbonyl (C=O) groups is 6. The summed E-state index contributed by atoms with van der Waals surface area (Å²) in [4.78, 5) is 86.9. The molecule has 0 aromatic heterocycles. The van der Waals surface area contributed by atoms with Gasteiger partial charge in [-0.1, -0.05) is 132 Å². The Balaban J connectivity index is 0.717. The fourth-order valence-electron chi connectivity index (χ4n) is 12.8. The highest BCUT2D eigenvalue weighted by Gasteiger charge is 2.25. The first-order valence-electron chi connectivity index (χ1n) is 37.7. The standard InChI is InChI=1S/C101H88O13/c1-98(2,3)75-26-46-85(47-27-75)109-79-34-14-65(15-35-79)94(104)71-55-72(95(105)66-16-36-80(37-17-66)110-86-48-28-76(29-49-86)99(4,5)6)60-90(59-71)113-83-42-22-63(23-43-83)92(102)69-54-70(58-89(57-69)108-13)93(103)64-24-44-84(45-25-64)114-91-61-73(96(106)67-18-38-81(39-19-67)111-87-50-30-77(31-51-87)100(7,8)9)56-74(62-91)97(107)68-20-40-82(41-21-68)112-88-52-32-78(33-53-88)101(10,11)12/h14-62H,1-13H3. The molecule has 114 heavy (non-hydrogen) atoms. The van der Waals surface area contributed by atoms with Crippen LogP contribution in [-0.4, -0.2) is 41.8 Å². The van der Waals surface area contributed by atoms with Crippen molar-refractivity contribution in [3.63, 3.8) is 0 Å². The first-order valence-corrected chi connectivity index (χ1v) is 37.7. The van der Waals surface area contributed by atoms with Crippen molar-refractivity contribution in [2.24, 2.45) is 0 Å². The van der Waals surface area contributed by atoms with Crippen molar-refractivity contribution in [3.8, 4) is 74.7 Å². The van der Waals surface area contributed by atoms with E-state index in [-0.39, 0.29) is 107 Å². The molecule has 0 bridgehead atoms. The van der Waals surface area contributed by atoms with E-state index in [0.717, 1.165) is 0 Å². The summed E-state index contributed by atoms with van der Waals surface area (Å²) in [5, 5.41) is 0. The van der Waals surface area contributed by atoms with Crippen LogP contribution in [0.5, 0.6) is 74.7 Å². The Hall–Kier alpha value is -13.5. The summed E-state index contributed by atoms with van der Waals surface area (Å²) in [6.45, 7) is 25.8. The molecule has 0 aliphatic heterocycles. The zero-order valence-corrected chi connectivity index (χ0v) is 66.1. The van der Waals surface area contributed by atoms with Gasteiger partial charge in [0.05, 0.1) is 7.11 Å².